The lowest BCUT2D eigenvalue weighted by Crippen LogP contribution is -1.95. The predicted molar refractivity (Wildman–Crippen MR) is 111 cm³/mol. The first-order valence-corrected chi connectivity index (χ1v) is 12.5. The molecule has 0 N–H and O–H groups in total. The number of benzene rings is 2. The van der Waals surface area contributed by atoms with Gasteiger partial charge in [-0.05, 0) is 41.9 Å². The fourth-order valence-electron chi connectivity index (χ4n) is 2.51. The van der Waals surface area contributed by atoms with Crippen LogP contribution in [0.15, 0.2) is 62.1 Å². The molecule has 0 fully saturated rings. The molecule has 0 saturated carbocycles. The van der Waals surface area contributed by atoms with Gasteiger partial charge in [0, 0.05) is 12.7 Å². The van der Waals surface area contributed by atoms with Crippen molar-refractivity contribution in [3.05, 3.63) is 59.1 Å². The van der Waals surface area contributed by atoms with Crippen molar-refractivity contribution < 1.29 is 8.42 Å². The van der Waals surface area contributed by atoms with E-state index in [1.165, 1.54) is 34.9 Å². The molecule has 9 heteroatoms. The quantitative estimate of drug-likeness (QED) is 0.446. The van der Waals surface area contributed by atoms with Crippen LogP contribution in [-0.2, 0) is 22.7 Å². The zero-order chi connectivity index (χ0) is 18.9. The molecule has 0 radical (unpaired) electrons. The lowest BCUT2D eigenvalue weighted by Gasteiger charge is -1.96. The van der Waals surface area contributed by atoms with E-state index in [0.717, 1.165) is 36.7 Å². The second-order valence-corrected chi connectivity index (χ2v) is 11.5. The Morgan fingerprint density at radius 3 is 2.56 bits per heavy atom. The zero-order valence-electron chi connectivity index (χ0n) is 14.3. The molecule has 2 aromatic heterocycles. The summed E-state index contributed by atoms with van der Waals surface area (Å²) in [5.74, 6) is 0. The lowest BCUT2D eigenvalue weighted by molar-refractivity contribution is 0.602. The van der Waals surface area contributed by atoms with Gasteiger partial charge in [0.25, 0.3) is 0 Å². The highest BCUT2D eigenvalue weighted by atomic mass is 32.2. The largest absolute Gasteiger partial charge is 0.229 e. The molecule has 0 saturated heterocycles. The van der Waals surface area contributed by atoms with Gasteiger partial charge in [-0.1, -0.05) is 41.7 Å². The summed E-state index contributed by atoms with van der Waals surface area (Å²) in [5, 5.41) is 9.53. The molecule has 0 bridgehead atoms. The fraction of sp³-hybridized carbons (Fsp3) is 0.167. The van der Waals surface area contributed by atoms with Gasteiger partial charge in [-0.3, -0.25) is 0 Å². The van der Waals surface area contributed by atoms with Crippen molar-refractivity contribution in [2.24, 2.45) is 0 Å². The third kappa shape index (κ3) is 4.55. The molecule has 0 atom stereocenters. The summed E-state index contributed by atoms with van der Waals surface area (Å²) < 4.78 is 25.9. The molecule has 0 aliphatic carbocycles. The number of fused-ring (bicyclic) bond motifs is 1. The van der Waals surface area contributed by atoms with E-state index in [0.29, 0.717) is 4.90 Å². The minimum absolute atomic E-state index is 0.314. The van der Waals surface area contributed by atoms with Crippen LogP contribution in [0.4, 0.5) is 0 Å². The van der Waals surface area contributed by atoms with Crippen molar-refractivity contribution in [2.75, 3.05) is 6.26 Å². The molecule has 0 amide bonds. The molecule has 0 aliphatic heterocycles. The van der Waals surface area contributed by atoms with Gasteiger partial charge < -0.3 is 0 Å². The maximum atomic E-state index is 11.7. The second-order valence-electron chi connectivity index (χ2n) is 5.93. The van der Waals surface area contributed by atoms with Crippen LogP contribution < -0.4 is 0 Å². The first kappa shape index (κ1) is 18.5. The Bertz CT molecular complexity index is 1180. The first-order valence-electron chi connectivity index (χ1n) is 8.12. The number of aryl methyl sites for hydroxylation is 2. The van der Waals surface area contributed by atoms with Crippen molar-refractivity contribution in [1.82, 2.24) is 15.2 Å². The minimum Gasteiger partial charge on any atom is -0.229 e. The van der Waals surface area contributed by atoms with E-state index in [-0.39, 0.29) is 0 Å². The standard InChI is InChI=1S/C18H15N3O2S4/c1-27(22,23)13-8-9-14-15(11-13)24-17(19-14)26-18-21-20-16(25-18)10-7-12-5-3-2-4-6-12/h2-6,8-9,11H,7,10H2,1H3. The number of sulfone groups is 1. The van der Waals surface area contributed by atoms with Crippen molar-refractivity contribution >= 4 is 54.5 Å². The van der Waals surface area contributed by atoms with Crippen LogP contribution in [0.1, 0.15) is 10.6 Å². The third-order valence-electron chi connectivity index (χ3n) is 3.86. The van der Waals surface area contributed by atoms with E-state index in [1.807, 2.05) is 18.2 Å². The van der Waals surface area contributed by atoms with Crippen LogP contribution in [-0.4, -0.2) is 29.9 Å². The topological polar surface area (TPSA) is 72.8 Å². The van der Waals surface area contributed by atoms with E-state index in [4.69, 9.17) is 0 Å². The predicted octanol–water partition coefficient (Wildman–Crippen LogP) is 4.49. The summed E-state index contributed by atoms with van der Waals surface area (Å²) in [4.78, 5) is 4.87. The average Bonchev–Trinajstić information content (AvgIpc) is 3.25. The van der Waals surface area contributed by atoms with Gasteiger partial charge in [0.05, 0.1) is 15.1 Å². The molecular formula is C18H15N3O2S4. The summed E-state index contributed by atoms with van der Waals surface area (Å²) in [6.07, 6.45) is 3.01. The number of hydrogen-bond donors (Lipinski definition) is 0. The van der Waals surface area contributed by atoms with E-state index in [9.17, 15) is 8.42 Å². The maximum Gasteiger partial charge on any atom is 0.181 e. The van der Waals surface area contributed by atoms with Gasteiger partial charge in [-0.2, -0.15) is 0 Å². The summed E-state index contributed by atoms with van der Waals surface area (Å²) in [5.41, 5.74) is 2.08. The Hall–Kier alpha value is -1.81. The van der Waals surface area contributed by atoms with Crippen molar-refractivity contribution in [1.29, 1.82) is 0 Å². The summed E-state index contributed by atoms with van der Waals surface area (Å²) in [6, 6.07) is 15.3. The number of thiazole rings is 1. The van der Waals surface area contributed by atoms with Crippen LogP contribution in [0, 0.1) is 0 Å². The Labute approximate surface area is 169 Å². The third-order valence-corrected chi connectivity index (χ3v) is 8.08. The first-order chi connectivity index (χ1) is 13.0. The minimum atomic E-state index is -3.22. The van der Waals surface area contributed by atoms with Crippen LogP contribution in [0.3, 0.4) is 0 Å². The van der Waals surface area contributed by atoms with Gasteiger partial charge in [0.2, 0.25) is 0 Å². The monoisotopic (exact) mass is 433 g/mol. The maximum absolute atomic E-state index is 11.7. The molecule has 138 valence electrons. The van der Waals surface area contributed by atoms with Gasteiger partial charge >= 0.3 is 0 Å². The van der Waals surface area contributed by atoms with Crippen LogP contribution in [0.2, 0.25) is 0 Å². The number of hydrogen-bond acceptors (Lipinski definition) is 8. The Kier molecular flexibility index (Phi) is 5.27. The van der Waals surface area contributed by atoms with E-state index >= 15 is 0 Å². The normalized spacial score (nSPS) is 11.9. The molecule has 0 aliphatic rings. The molecule has 2 aromatic carbocycles. The summed E-state index contributed by atoms with van der Waals surface area (Å²) >= 11 is 4.52. The Balaban J connectivity index is 1.47. The van der Waals surface area contributed by atoms with Crippen LogP contribution in [0.5, 0.6) is 0 Å². The van der Waals surface area contributed by atoms with Gasteiger partial charge in [0.15, 0.2) is 18.5 Å². The Morgan fingerprint density at radius 1 is 0.963 bits per heavy atom. The second kappa shape index (κ2) is 7.67. The number of aromatic nitrogens is 3. The average molecular weight is 434 g/mol. The van der Waals surface area contributed by atoms with E-state index in [1.54, 1.807) is 29.5 Å². The molecule has 27 heavy (non-hydrogen) atoms. The highest BCUT2D eigenvalue weighted by Crippen LogP contribution is 2.36. The molecular weight excluding hydrogens is 418 g/mol. The smallest absolute Gasteiger partial charge is 0.181 e. The SMILES string of the molecule is CS(=O)(=O)c1ccc2nc(Sc3nnc(CCc4ccccc4)s3)sc2c1. The molecule has 4 aromatic rings. The summed E-state index contributed by atoms with van der Waals surface area (Å²) in [6.45, 7) is 0. The highest BCUT2D eigenvalue weighted by molar-refractivity contribution is 8.02. The number of nitrogens with zero attached hydrogens (tertiary/aromatic N) is 3. The van der Waals surface area contributed by atoms with Crippen LogP contribution in [0.25, 0.3) is 10.2 Å². The van der Waals surface area contributed by atoms with Gasteiger partial charge in [0.1, 0.15) is 5.01 Å². The van der Waals surface area contributed by atoms with E-state index < -0.39 is 9.84 Å². The van der Waals surface area contributed by atoms with Crippen molar-refractivity contribution in [2.45, 2.75) is 26.4 Å². The van der Waals surface area contributed by atoms with Crippen molar-refractivity contribution in [3.63, 3.8) is 0 Å². The molecule has 5 nitrogen and oxygen atoms in total. The molecule has 2 heterocycles. The fourth-order valence-corrected chi connectivity index (χ4v) is 6.43. The molecule has 4 rings (SSSR count). The van der Waals surface area contributed by atoms with Crippen LogP contribution >= 0.6 is 34.4 Å². The van der Waals surface area contributed by atoms with Gasteiger partial charge in [-0.25, -0.2) is 13.4 Å². The highest BCUT2D eigenvalue weighted by Gasteiger charge is 2.13. The lowest BCUT2D eigenvalue weighted by atomic mass is 10.1. The van der Waals surface area contributed by atoms with E-state index in [2.05, 4.69) is 27.3 Å². The summed E-state index contributed by atoms with van der Waals surface area (Å²) in [7, 11) is -3.22. The number of rotatable bonds is 6. The van der Waals surface area contributed by atoms with Gasteiger partial charge in [-0.15, -0.1) is 21.5 Å². The zero-order valence-corrected chi connectivity index (χ0v) is 17.6. The Morgan fingerprint density at radius 2 is 1.78 bits per heavy atom. The van der Waals surface area contributed by atoms with Crippen molar-refractivity contribution in [3.8, 4) is 0 Å². The molecule has 0 spiro atoms. The molecule has 0 unspecified atom stereocenters.